The molecule has 0 aromatic heterocycles. The lowest BCUT2D eigenvalue weighted by atomic mass is 9.98. The Kier molecular flexibility index (Phi) is 2.88. The predicted octanol–water partition coefficient (Wildman–Crippen LogP) is 0.204. The largest absolute Gasteiger partial charge is 0.369 e. The number of amides is 1. The summed E-state index contributed by atoms with van der Waals surface area (Å²) in [5.74, 6) is -0.0353. The molecule has 0 radical (unpaired) electrons. The van der Waals surface area contributed by atoms with Crippen LogP contribution in [0.4, 0.5) is 0 Å². The van der Waals surface area contributed by atoms with E-state index in [9.17, 15) is 4.79 Å². The Morgan fingerprint density at radius 1 is 1.73 bits per heavy atom. The van der Waals surface area contributed by atoms with Crippen LogP contribution < -0.4 is 5.73 Å². The van der Waals surface area contributed by atoms with E-state index in [0.29, 0.717) is 0 Å². The molecule has 0 spiro atoms. The molecule has 0 aromatic rings. The van der Waals surface area contributed by atoms with E-state index in [-0.39, 0.29) is 11.8 Å². The zero-order valence-corrected chi connectivity index (χ0v) is 7.05. The standard InChI is InChI=1S/C8H16N2O/c1-2-10-5-3-4-7(6-10)8(9)11/h7H,2-6H2,1H3,(H2,9,11)/t7-/m1/s1. The summed E-state index contributed by atoms with van der Waals surface area (Å²) in [7, 11) is 0. The topological polar surface area (TPSA) is 46.3 Å². The van der Waals surface area contributed by atoms with E-state index in [2.05, 4.69) is 11.8 Å². The third-order valence-corrected chi connectivity index (χ3v) is 2.36. The van der Waals surface area contributed by atoms with Gasteiger partial charge in [-0.05, 0) is 25.9 Å². The summed E-state index contributed by atoms with van der Waals surface area (Å²) in [5.41, 5.74) is 5.22. The van der Waals surface area contributed by atoms with Gasteiger partial charge in [-0.25, -0.2) is 0 Å². The fraction of sp³-hybridized carbons (Fsp3) is 0.875. The number of rotatable bonds is 2. The highest BCUT2D eigenvalue weighted by atomic mass is 16.1. The summed E-state index contributed by atoms with van der Waals surface area (Å²) in [6.07, 6.45) is 2.09. The van der Waals surface area contributed by atoms with Crippen molar-refractivity contribution in [3.63, 3.8) is 0 Å². The third-order valence-electron chi connectivity index (χ3n) is 2.36. The first kappa shape index (κ1) is 8.53. The molecule has 1 aliphatic rings. The molecule has 3 heteroatoms. The molecule has 2 N–H and O–H groups in total. The number of carbonyl (C=O) groups is 1. The number of hydrogen-bond donors (Lipinski definition) is 1. The molecule has 1 fully saturated rings. The zero-order chi connectivity index (χ0) is 8.27. The fourth-order valence-electron chi connectivity index (χ4n) is 1.57. The van der Waals surface area contributed by atoms with Crippen LogP contribution in [0.5, 0.6) is 0 Å². The van der Waals surface area contributed by atoms with E-state index in [1.807, 2.05) is 0 Å². The molecule has 0 saturated carbocycles. The number of likely N-dealkylation sites (tertiary alicyclic amines) is 1. The molecule has 0 aliphatic carbocycles. The van der Waals surface area contributed by atoms with Crippen LogP contribution in [0.3, 0.4) is 0 Å². The number of carbonyl (C=O) groups excluding carboxylic acids is 1. The number of nitrogens with two attached hydrogens (primary N) is 1. The number of piperidine rings is 1. The van der Waals surface area contributed by atoms with Gasteiger partial charge in [0.1, 0.15) is 0 Å². The Morgan fingerprint density at radius 3 is 3.00 bits per heavy atom. The van der Waals surface area contributed by atoms with Gasteiger partial charge < -0.3 is 10.6 Å². The van der Waals surface area contributed by atoms with Crippen LogP contribution in [-0.2, 0) is 4.79 Å². The lowest BCUT2D eigenvalue weighted by Crippen LogP contribution is -2.40. The average Bonchev–Trinajstić information content (AvgIpc) is 2.05. The third kappa shape index (κ3) is 2.19. The maximum absolute atomic E-state index is 10.8. The molecule has 64 valence electrons. The van der Waals surface area contributed by atoms with Gasteiger partial charge in [-0.1, -0.05) is 6.92 Å². The van der Waals surface area contributed by atoms with Gasteiger partial charge in [0.2, 0.25) is 5.91 Å². The Balaban J connectivity index is 2.39. The molecule has 3 nitrogen and oxygen atoms in total. The van der Waals surface area contributed by atoms with Crippen LogP contribution in [0.25, 0.3) is 0 Å². The van der Waals surface area contributed by atoms with Crippen LogP contribution in [0.2, 0.25) is 0 Å². The van der Waals surface area contributed by atoms with Crippen LogP contribution in [0.1, 0.15) is 19.8 Å². The summed E-state index contributed by atoms with van der Waals surface area (Å²) < 4.78 is 0. The molecule has 1 heterocycles. The van der Waals surface area contributed by atoms with E-state index in [1.165, 1.54) is 0 Å². The highest BCUT2D eigenvalue weighted by Gasteiger charge is 2.22. The maximum atomic E-state index is 10.8. The number of primary amides is 1. The zero-order valence-electron chi connectivity index (χ0n) is 7.05. The van der Waals surface area contributed by atoms with Gasteiger partial charge in [0, 0.05) is 6.54 Å². The second-order valence-corrected chi connectivity index (χ2v) is 3.13. The summed E-state index contributed by atoms with van der Waals surface area (Å²) in [6.45, 7) is 5.14. The quantitative estimate of drug-likeness (QED) is 0.621. The normalized spacial score (nSPS) is 26.8. The Labute approximate surface area is 67.5 Å². The molecular formula is C8H16N2O. The predicted molar refractivity (Wildman–Crippen MR) is 44.0 cm³/mol. The smallest absolute Gasteiger partial charge is 0.221 e. The molecule has 0 aromatic carbocycles. The van der Waals surface area contributed by atoms with Crippen molar-refractivity contribution in [3.8, 4) is 0 Å². The lowest BCUT2D eigenvalue weighted by Gasteiger charge is -2.29. The van der Waals surface area contributed by atoms with E-state index in [1.54, 1.807) is 0 Å². The van der Waals surface area contributed by atoms with E-state index < -0.39 is 0 Å². The van der Waals surface area contributed by atoms with E-state index in [4.69, 9.17) is 5.73 Å². The van der Waals surface area contributed by atoms with Gasteiger partial charge in [0.05, 0.1) is 5.92 Å². The molecular weight excluding hydrogens is 140 g/mol. The molecule has 1 saturated heterocycles. The first-order valence-corrected chi connectivity index (χ1v) is 4.25. The van der Waals surface area contributed by atoms with Crippen LogP contribution in [0.15, 0.2) is 0 Å². The minimum Gasteiger partial charge on any atom is -0.369 e. The van der Waals surface area contributed by atoms with E-state index >= 15 is 0 Å². The summed E-state index contributed by atoms with van der Waals surface area (Å²) in [4.78, 5) is 13.1. The molecule has 0 unspecified atom stereocenters. The average molecular weight is 156 g/mol. The van der Waals surface area contributed by atoms with Gasteiger partial charge in [-0.2, -0.15) is 0 Å². The summed E-state index contributed by atoms with van der Waals surface area (Å²) in [5, 5.41) is 0. The van der Waals surface area contributed by atoms with Crippen LogP contribution in [0, 0.1) is 5.92 Å². The van der Waals surface area contributed by atoms with Crippen molar-refractivity contribution in [3.05, 3.63) is 0 Å². The minimum atomic E-state index is -0.136. The number of hydrogen-bond acceptors (Lipinski definition) is 2. The van der Waals surface area contributed by atoms with Crippen molar-refractivity contribution in [2.75, 3.05) is 19.6 Å². The summed E-state index contributed by atoms with van der Waals surface area (Å²) >= 11 is 0. The van der Waals surface area contributed by atoms with Gasteiger partial charge in [0.25, 0.3) is 0 Å². The molecule has 0 bridgehead atoms. The highest BCUT2D eigenvalue weighted by Crippen LogP contribution is 2.14. The lowest BCUT2D eigenvalue weighted by molar-refractivity contribution is -0.123. The first-order chi connectivity index (χ1) is 5.24. The van der Waals surface area contributed by atoms with Crippen molar-refractivity contribution in [2.24, 2.45) is 11.7 Å². The van der Waals surface area contributed by atoms with Crippen LogP contribution in [-0.4, -0.2) is 30.4 Å². The van der Waals surface area contributed by atoms with Crippen molar-refractivity contribution in [2.45, 2.75) is 19.8 Å². The van der Waals surface area contributed by atoms with Gasteiger partial charge in [-0.3, -0.25) is 4.79 Å². The highest BCUT2D eigenvalue weighted by molar-refractivity contribution is 5.76. The molecule has 1 rings (SSSR count). The monoisotopic (exact) mass is 156 g/mol. The Hall–Kier alpha value is -0.570. The minimum absolute atomic E-state index is 0.101. The second kappa shape index (κ2) is 3.72. The van der Waals surface area contributed by atoms with E-state index in [0.717, 1.165) is 32.5 Å². The van der Waals surface area contributed by atoms with Gasteiger partial charge in [-0.15, -0.1) is 0 Å². The van der Waals surface area contributed by atoms with Crippen molar-refractivity contribution in [1.82, 2.24) is 4.90 Å². The first-order valence-electron chi connectivity index (χ1n) is 4.25. The number of nitrogens with zero attached hydrogens (tertiary/aromatic N) is 1. The van der Waals surface area contributed by atoms with Crippen LogP contribution >= 0.6 is 0 Å². The van der Waals surface area contributed by atoms with Gasteiger partial charge >= 0.3 is 0 Å². The fourth-order valence-corrected chi connectivity index (χ4v) is 1.57. The van der Waals surface area contributed by atoms with Crippen molar-refractivity contribution in [1.29, 1.82) is 0 Å². The van der Waals surface area contributed by atoms with Crippen molar-refractivity contribution < 1.29 is 4.79 Å². The summed E-state index contributed by atoms with van der Waals surface area (Å²) in [6, 6.07) is 0. The SMILES string of the molecule is CCN1CCC[C@@H](C(N)=O)C1. The second-order valence-electron chi connectivity index (χ2n) is 3.13. The molecule has 1 amide bonds. The van der Waals surface area contributed by atoms with Gasteiger partial charge in [0.15, 0.2) is 0 Å². The molecule has 1 atom stereocenters. The molecule has 11 heavy (non-hydrogen) atoms. The Morgan fingerprint density at radius 2 is 2.45 bits per heavy atom. The van der Waals surface area contributed by atoms with Crippen molar-refractivity contribution >= 4 is 5.91 Å². The Bertz CT molecular complexity index is 147. The molecule has 1 aliphatic heterocycles. The maximum Gasteiger partial charge on any atom is 0.221 e.